The van der Waals surface area contributed by atoms with Gasteiger partial charge in [0.15, 0.2) is 0 Å². The van der Waals surface area contributed by atoms with Crippen molar-refractivity contribution in [2.75, 3.05) is 12.8 Å². The lowest BCUT2D eigenvalue weighted by atomic mass is 10.1. The maximum atomic E-state index is 11.9. The van der Waals surface area contributed by atoms with E-state index in [1.165, 1.54) is 5.56 Å². The Kier molecular flexibility index (Phi) is 5.07. The van der Waals surface area contributed by atoms with Crippen molar-refractivity contribution in [1.82, 2.24) is 5.32 Å². The Morgan fingerprint density at radius 1 is 1.05 bits per heavy atom. The molecule has 1 amide bonds. The summed E-state index contributed by atoms with van der Waals surface area (Å²) in [5, 5.41) is 2.88. The van der Waals surface area contributed by atoms with Crippen LogP contribution in [0.5, 0.6) is 0 Å². The first-order chi connectivity index (χ1) is 9.66. The Hall–Kier alpha value is -1.94. The number of carbonyl (C=O) groups excluding carboxylic acids is 1. The van der Waals surface area contributed by atoms with Gasteiger partial charge in [-0.1, -0.05) is 30.3 Å². The molecule has 0 spiro atoms. The highest BCUT2D eigenvalue weighted by atomic mass is 32.2. The summed E-state index contributed by atoms with van der Waals surface area (Å²) < 4.78 is 11.3. The molecule has 0 aliphatic carbocycles. The van der Waals surface area contributed by atoms with Crippen molar-refractivity contribution in [2.24, 2.45) is 0 Å². The molecule has 0 radical (unpaired) electrons. The molecule has 0 aromatic heterocycles. The van der Waals surface area contributed by atoms with Gasteiger partial charge < -0.3 is 5.32 Å². The zero-order chi connectivity index (χ0) is 14.4. The van der Waals surface area contributed by atoms with E-state index in [0.29, 0.717) is 12.1 Å². The second kappa shape index (κ2) is 7.01. The molecule has 0 heterocycles. The minimum Gasteiger partial charge on any atom is -0.352 e. The van der Waals surface area contributed by atoms with Gasteiger partial charge in [-0.2, -0.15) is 0 Å². The fourth-order valence-electron chi connectivity index (χ4n) is 1.87. The fourth-order valence-corrected chi connectivity index (χ4v) is 2.38. The topological polar surface area (TPSA) is 46.2 Å². The van der Waals surface area contributed by atoms with Gasteiger partial charge in [-0.3, -0.25) is 9.00 Å². The molecular formula is C16H17NO2S. The van der Waals surface area contributed by atoms with Crippen molar-refractivity contribution in [3.8, 4) is 0 Å². The molecule has 20 heavy (non-hydrogen) atoms. The molecule has 0 aliphatic heterocycles. The van der Waals surface area contributed by atoms with E-state index in [-0.39, 0.29) is 5.91 Å². The van der Waals surface area contributed by atoms with Crippen LogP contribution in [0.15, 0.2) is 59.5 Å². The van der Waals surface area contributed by atoms with Crippen LogP contribution < -0.4 is 5.32 Å². The summed E-state index contributed by atoms with van der Waals surface area (Å²) in [6.45, 7) is 0.601. The maximum absolute atomic E-state index is 11.9. The molecule has 2 rings (SSSR count). The van der Waals surface area contributed by atoms with Crippen LogP contribution in [-0.2, 0) is 17.2 Å². The SMILES string of the molecule is CS(=O)c1ccc(C(=O)NCCc2ccccc2)cc1. The van der Waals surface area contributed by atoms with Gasteiger partial charge in [0.05, 0.1) is 0 Å². The zero-order valence-corrected chi connectivity index (χ0v) is 12.2. The molecule has 2 aromatic rings. The van der Waals surface area contributed by atoms with Crippen molar-refractivity contribution < 1.29 is 9.00 Å². The Morgan fingerprint density at radius 3 is 2.30 bits per heavy atom. The maximum Gasteiger partial charge on any atom is 0.251 e. The Morgan fingerprint density at radius 2 is 1.70 bits per heavy atom. The van der Waals surface area contributed by atoms with Gasteiger partial charge in [0, 0.05) is 34.1 Å². The number of hydrogen-bond acceptors (Lipinski definition) is 2. The molecule has 2 aromatic carbocycles. The van der Waals surface area contributed by atoms with E-state index in [4.69, 9.17) is 0 Å². The van der Waals surface area contributed by atoms with E-state index in [1.807, 2.05) is 30.3 Å². The van der Waals surface area contributed by atoms with Gasteiger partial charge in [0.2, 0.25) is 0 Å². The standard InChI is InChI=1S/C16H17NO2S/c1-20(19)15-9-7-14(8-10-15)16(18)17-12-11-13-5-3-2-4-6-13/h2-10H,11-12H2,1H3,(H,17,18). The number of benzene rings is 2. The van der Waals surface area contributed by atoms with Crippen molar-refractivity contribution in [3.63, 3.8) is 0 Å². The monoisotopic (exact) mass is 287 g/mol. The van der Waals surface area contributed by atoms with E-state index in [9.17, 15) is 9.00 Å². The zero-order valence-electron chi connectivity index (χ0n) is 11.3. The van der Waals surface area contributed by atoms with E-state index in [0.717, 1.165) is 11.3 Å². The van der Waals surface area contributed by atoms with Crippen LogP contribution in [0.4, 0.5) is 0 Å². The van der Waals surface area contributed by atoms with Gasteiger partial charge in [0.25, 0.3) is 5.91 Å². The smallest absolute Gasteiger partial charge is 0.251 e. The van der Waals surface area contributed by atoms with Crippen LogP contribution in [0.3, 0.4) is 0 Å². The van der Waals surface area contributed by atoms with Crippen LogP contribution in [0.1, 0.15) is 15.9 Å². The molecular weight excluding hydrogens is 270 g/mol. The summed E-state index contributed by atoms with van der Waals surface area (Å²) in [5.41, 5.74) is 1.79. The predicted molar refractivity (Wildman–Crippen MR) is 81.3 cm³/mol. The van der Waals surface area contributed by atoms with E-state index in [1.54, 1.807) is 30.5 Å². The molecule has 0 saturated carbocycles. The van der Waals surface area contributed by atoms with Gasteiger partial charge >= 0.3 is 0 Å². The number of carbonyl (C=O) groups is 1. The first kappa shape index (κ1) is 14.5. The van der Waals surface area contributed by atoms with Crippen molar-refractivity contribution in [3.05, 3.63) is 65.7 Å². The highest BCUT2D eigenvalue weighted by Gasteiger charge is 2.05. The summed E-state index contributed by atoms with van der Waals surface area (Å²) in [6.07, 6.45) is 2.43. The number of rotatable bonds is 5. The fraction of sp³-hybridized carbons (Fsp3) is 0.188. The van der Waals surface area contributed by atoms with Gasteiger partial charge in [-0.05, 0) is 36.2 Å². The molecule has 1 atom stereocenters. The summed E-state index contributed by atoms with van der Waals surface area (Å²) in [5.74, 6) is -0.102. The van der Waals surface area contributed by atoms with Gasteiger partial charge in [0.1, 0.15) is 0 Å². The molecule has 0 bridgehead atoms. The van der Waals surface area contributed by atoms with Gasteiger partial charge in [-0.15, -0.1) is 0 Å². The molecule has 3 nitrogen and oxygen atoms in total. The highest BCUT2D eigenvalue weighted by Crippen LogP contribution is 2.07. The van der Waals surface area contributed by atoms with Crippen LogP contribution >= 0.6 is 0 Å². The average Bonchev–Trinajstić information content (AvgIpc) is 2.48. The highest BCUT2D eigenvalue weighted by molar-refractivity contribution is 7.84. The Balaban J connectivity index is 1.87. The summed E-state index contributed by atoms with van der Waals surface area (Å²) >= 11 is 0. The van der Waals surface area contributed by atoms with Crippen LogP contribution in [-0.4, -0.2) is 22.9 Å². The number of nitrogens with one attached hydrogen (secondary N) is 1. The lowest BCUT2D eigenvalue weighted by Gasteiger charge is -2.06. The molecule has 0 saturated heterocycles. The minimum absolute atomic E-state index is 0.102. The number of amides is 1. The first-order valence-corrected chi connectivity index (χ1v) is 7.98. The van der Waals surface area contributed by atoms with Crippen molar-refractivity contribution in [1.29, 1.82) is 0 Å². The van der Waals surface area contributed by atoms with Crippen LogP contribution in [0.25, 0.3) is 0 Å². The third-order valence-corrected chi connectivity index (χ3v) is 3.93. The van der Waals surface area contributed by atoms with Crippen molar-refractivity contribution in [2.45, 2.75) is 11.3 Å². The van der Waals surface area contributed by atoms with E-state index in [2.05, 4.69) is 5.32 Å². The van der Waals surface area contributed by atoms with Gasteiger partial charge in [-0.25, -0.2) is 0 Å². The summed E-state index contributed by atoms with van der Waals surface area (Å²) in [6, 6.07) is 16.9. The normalized spacial score (nSPS) is 11.8. The third-order valence-electron chi connectivity index (χ3n) is 2.99. The first-order valence-electron chi connectivity index (χ1n) is 6.42. The average molecular weight is 287 g/mol. The Bertz CT molecular complexity index is 594. The third kappa shape index (κ3) is 4.03. The molecule has 4 heteroatoms. The second-order valence-electron chi connectivity index (χ2n) is 4.47. The predicted octanol–water partition coefficient (Wildman–Crippen LogP) is 2.40. The molecule has 0 fully saturated rings. The summed E-state index contributed by atoms with van der Waals surface area (Å²) in [4.78, 5) is 12.7. The van der Waals surface area contributed by atoms with E-state index >= 15 is 0 Å². The van der Waals surface area contributed by atoms with Crippen molar-refractivity contribution >= 4 is 16.7 Å². The van der Waals surface area contributed by atoms with Crippen LogP contribution in [0.2, 0.25) is 0 Å². The molecule has 104 valence electrons. The van der Waals surface area contributed by atoms with Crippen LogP contribution in [0, 0.1) is 0 Å². The molecule has 1 N–H and O–H groups in total. The Labute approximate surface area is 121 Å². The summed E-state index contributed by atoms with van der Waals surface area (Å²) in [7, 11) is -1.01. The lowest BCUT2D eigenvalue weighted by Crippen LogP contribution is -2.25. The minimum atomic E-state index is -1.01. The van der Waals surface area contributed by atoms with E-state index < -0.39 is 10.8 Å². The largest absolute Gasteiger partial charge is 0.352 e. The molecule has 1 unspecified atom stereocenters. The quantitative estimate of drug-likeness (QED) is 0.918. The number of hydrogen-bond donors (Lipinski definition) is 1. The molecule has 0 aliphatic rings. The lowest BCUT2D eigenvalue weighted by molar-refractivity contribution is 0.0954. The second-order valence-corrected chi connectivity index (χ2v) is 5.85.